The predicted molar refractivity (Wildman–Crippen MR) is 72.2 cm³/mol. The molecule has 0 amide bonds. The van der Waals surface area contributed by atoms with Gasteiger partial charge in [-0.2, -0.15) is 0 Å². The zero-order valence-corrected chi connectivity index (χ0v) is 11.8. The summed E-state index contributed by atoms with van der Waals surface area (Å²) < 4.78 is 6.14. The first-order valence-corrected chi connectivity index (χ1v) is 7.47. The summed E-state index contributed by atoms with van der Waals surface area (Å²) in [5.74, 6) is 1.75. The van der Waals surface area contributed by atoms with Crippen molar-refractivity contribution in [2.24, 2.45) is 11.8 Å². The van der Waals surface area contributed by atoms with E-state index in [4.69, 9.17) is 4.74 Å². The van der Waals surface area contributed by atoms with E-state index in [1.54, 1.807) is 0 Å². The number of hydrogen-bond acceptors (Lipinski definition) is 2. The van der Waals surface area contributed by atoms with E-state index in [9.17, 15) is 0 Å². The average molecular weight is 239 g/mol. The highest BCUT2D eigenvalue weighted by Crippen LogP contribution is 2.38. The Labute approximate surface area is 107 Å². The molecule has 1 N–H and O–H groups in total. The van der Waals surface area contributed by atoms with Crippen molar-refractivity contribution in [2.75, 3.05) is 13.7 Å². The topological polar surface area (TPSA) is 21.3 Å². The first-order chi connectivity index (χ1) is 8.15. The van der Waals surface area contributed by atoms with E-state index in [-0.39, 0.29) is 5.60 Å². The van der Waals surface area contributed by atoms with Crippen LogP contribution in [0.2, 0.25) is 0 Å². The van der Waals surface area contributed by atoms with Crippen molar-refractivity contribution < 1.29 is 4.74 Å². The SMILES string of the molecule is CNC(C1CCC(C)CC1)C1(C)CCCCO1. The largest absolute Gasteiger partial charge is 0.374 e. The van der Waals surface area contributed by atoms with Crippen molar-refractivity contribution in [3.05, 3.63) is 0 Å². The summed E-state index contributed by atoms with van der Waals surface area (Å²) in [6.45, 7) is 5.67. The van der Waals surface area contributed by atoms with Crippen molar-refractivity contribution in [3.8, 4) is 0 Å². The summed E-state index contributed by atoms with van der Waals surface area (Å²) in [4.78, 5) is 0. The zero-order chi connectivity index (χ0) is 12.3. The molecule has 2 unspecified atom stereocenters. The zero-order valence-electron chi connectivity index (χ0n) is 11.8. The van der Waals surface area contributed by atoms with Gasteiger partial charge in [0, 0.05) is 12.6 Å². The van der Waals surface area contributed by atoms with Gasteiger partial charge in [-0.25, -0.2) is 0 Å². The van der Waals surface area contributed by atoms with Crippen LogP contribution in [-0.4, -0.2) is 25.3 Å². The van der Waals surface area contributed by atoms with Crippen LogP contribution in [0.1, 0.15) is 58.8 Å². The molecule has 1 saturated heterocycles. The highest BCUT2D eigenvalue weighted by molar-refractivity contribution is 4.96. The van der Waals surface area contributed by atoms with Gasteiger partial charge in [0.05, 0.1) is 5.60 Å². The van der Waals surface area contributed by atoms with E-state index in [0.717, 1.165) is 18.4 Å². The van der Waals surface area contributed by atoms with Crippen LogP contribution in [0.25, 0.3) is 0 Å². The van der Waals surface area contributed by atoms with Crippen LogP contribution < -0.4 is 5.32 Å². The fourth-order valence-corrected chi connectivity index (χ4v) is 3.86. The minimum absolute atomic E-state index is 0.0816. The molecule has 0 spiro atoms. The fraction of sp³-hybridized carbons (Fsp3) is 1.00. The Morgan fingerprint density at radius 3 is 2.41 bits per heavy atom. The third-order valence-corrected chi connectivity index (χ3v) is 5.00. The smallest absolute Gasteiger partial charge is 0.0809 e. The van der Waals surface area contributed by atoms with E-state index in [2.05, 4.69) is 26.2 Å². The summed E-state index contributed by atoms with van der Waals surface area (Å²) in [5, 5.41) is 3.57. The van der Waals surface area contributed by atoms with Crippen molar-refractivity contribution in [3.63, 3.8) is 0 Å². The van der Waals surface area contributed by atoms with Gasteiger partial charge < -0.3 is 10.1 Å². The molecule has 1 aliphatic carbocycles. The van der Waals surface area contributed by atoms with Gasteiger partial charge in [0.15, 0.2) is 0 Å². The first-order valence-electron chi connectivity index (χ1n) is 7.47. The van der Waals surface area contributed by atoms with Crippen molar-refractivity contribution in [1.82, 2.24) is 5.32 Å². The van der Waals surface area contributed by atoms with Gasteiger partial charge in [-0.3, -0.25) is 0 Å². The van der Waals surface area contributed by atoms with Gasteiger partial charge in [-0.05, 0) is 57.9 Å². The summed E-state index contributed by atoms with van der Waals surface area (Å²) in [7, 11) is 2.12. The number of rotatable bonds is 3. The van der Waals surface area contributed by atoms with Gasteiger partial charge in [-0.1, -0.05) is 19.8 Å². The number of hydrogen-bond donors (Lipinski definition) is 1. The van der Waals surface area contributed by atoms with Crippen LogP contribution >= 0.6 is 0 Å². The molecule has 1 heterocycles. The van der Waals surface area contributed by atoms with Crippen LogP contribution in [0.4, 0.5) is 0 Å². The molecule has 100 valence electrons. The summed E-state index contributed by atoms with van der Waals surface area (Å²) in [5.41, 5.74) is 0.0816. The molecule has 2 rings (SSSR count). The Morgan fingerprint density at radius 1 is 1.18 bits per heavy atom. The summed E-state index contributed by atoms with van der Waals surface area (Å²) >= 11 is 0. The van der Waals surface area contributed by atoms with Gasteiger partial charge >= 0.3 is 0 Å². The highest BCUT2D eigenvalue weighted by atomic mass is 16.5. The second-order valence-electron chi connectivity index (χ2n) is 6.40. The Hall–Kier alpha value is -0.0800. The van der Waals surface area contributed by atoms with Crippen LogP contribution in [0, 0.1) is 11.8 Å². The lowest BCUT2D eigenvalue weighted by Gasteiger charge is -2.45. The Balaban J connectivity index is 1.99. The highest BCUT2D eigenvalue weighted by Gasteiger charge is 2.41. The fourth-order valence-electron chi connectivity index (χ4n) is 3.86. The quantitative estimate of drug-likeness (QED) is 0.815. The molecular weight excluding hydrogens is 210 g/mol. The van der Waals surface area contributed by atoms with Gasteiger partial charge in [0.1, 0.15) is 0 Å². The molecule has 0 aromatic carbocycles. The Morgan fingerprint density at radius 2 is 1.88 bits per heavy atom. The van der Waals surface area contributed by atoms with Crippen LogP contribution in [0.15, 0.2) is 0 Å². The van der Waals surface area contributed by atoms with Gasteiger partial charge in [-0.15, -0.1) is 0 Å². The Bertz CT molecular complexity index is 227. The molecule has 1 aliphatic heterocycles. The lowest BCUT2D eigenvalue weighted by Crippen LogP contribution is -2.55. The summed E-state index contributed by atoms with van der Waals surface area (Å²) in [6.07, 6.45) is 9.37. The third-order valence-electron chi connectivity index (χ3n) is 5.00. The van der Waals surface area contributed by atoms with E-state index in [1.807, 2.05) is 0 Å². The minimum atomic E-state index is 0.0816. The van der Waals surface area contributed by atoms with E-state index < -0.39 is 0 Å². The van der Waals surface area contributed by atoms with E-state index in [1.165, 1.54) is 44.9 Å². The Kier molecular flexibility index (Phi) is 4.48. The lowest BCUT2D eigenvalue weighted by atomic mass is 9.72. The average Bonchev–Trinajstić information content (AvgIpc) is 2.33. The van der Waals surface area contributed by atoms with Crippen LogP contribution in [0.5, 0.6) is 0 Å². The molecule has 1 saturated carbocycles. The number of ether oxygens (including phenoxy) is 1. The molecular formula is C15H29NO. The standard InChI is InChI=1S/C15H29NO/c1-12-6-8-13(9-7-12)14(16-3)15(2)10-4-5-11-17-15/h12-14,16H,4-11H2,1-3H3. The molecule has 2 nitrogen and oxygen atoms in total. The maximum Gasteiger partial charge on any atom is 0.0809 e. The normalized spacial score (nSPS) is 41.1. The molecule has 17 heavy (non-hydrogen) atoms. The number of nitrogens with one attached hydrogen (secondary N) is 1. The van der Waals surface area contributed by atoms with Crippen molar-refractivity contribution in [1.29, 1.82) is 0 Å². The van der Waals surface area contributed by atoms with Crippen molar-refractivity contribution >= 4 is 0 Å². The van der Waals surface area contributed by atoms with Crippen molar-refractivity contribution in [2.45, 2.75) is 70.4 Å². The monoisotopic (exact) mass is 239 g/mol. The maximum atomic E-state index is 6.14. The van der Waals surface area contributed by atoms with E-state index in [0.29, 0.717) is 6.04 Å². The lowest BCUT2D eigenvalue weighted by molar-refractivity contribution is -0.103. The maximum absolute atomic E-state index is 6.14. The molecule has 2 heteroatoms. The molecule has 0 radical (unpaired) electrons. The van der Waals surface area contributed by atoms with Gasteiger partial charge in [0.2, 0.25) is 0 Å². The molecule has 2 aliphatic rings. The number of likely N-dealkylation sites (N-methyl/N-ethyl adjacent to an activating group) is 1. The molecule has 0 aromatic heterocycles. The second kappa shape index (κ2) is 5.71. The first kappa shape index (κ1) is 13.4. The third kappa shape index (κ3) is 3.03. The summed E-state index contributed by atoms with van der Waals surface area (Å²) in [6, 6.07) is 0.551. The van der Waals surface area contributed by atoms with Gasteiger partial charge in [0.25, 0.3) is 0 Å². The second-order valence-corrected chi connectivity index (χ2v) is 6.40. The minimum Gasteiger partial charge on any atom is -0.374 e. The van der Waals surface area contributed by atoms with Crippen LogP contribution in [-0.2, 0) is 4.74 Å². The molecule has 2 atom stereocenters. The molecule has 2 fully saturated rings. The van der Waals surface area contributed by atoms with E-state index >= 15 is 0 Å². The van der Waals surface area contributed by atoms with Crippen LogP contribution in [0.3, 0.4) is 0 Å². The molecule has 0 bridgehead atoms. The molecule has 0 aromatic rings. The predicted octanol–water partition coefficient (Wildman–Crippen LogP) is 3.36.